The maximum atomic E-state index is 13.3. The van der Waals surface area contributed by atoms with Crippen LogP contribution >= 0.6 is 11.6 Å². The highest BCUT2D eigenvalue weighted by molar-refractivity contribution is 6.30. The van der Waals surface area contributed by atoms with E-state index < -0.39 is 5.91 Å². The normalized spacial score (nSPS) is 21.7. The summed E-state index contributed by atoms with van der Waals surface area (Å²) in [5.74, 6) is -0.773. The van der Waals surface area contributed by atoms with Gasteiger partial charge >= 0.3 is 0 Å². The van der Waals surface area contributed by atoms with E-state index in [2.05, 4.69) is 15.6 Å². The van der Waals surface area contributed by atoms with Crippen molar-refractivity contribution >= 4 is 51.8 Å². The van der Waals surface area contributed by atoms with Gasteiger partial charge in [-0.15, -0.1) is 0 Å². The summed E-state index contributed by atoms with van der Waals surface area (Å²) < 4.78 is 5.82. The van der Waals surface area contributed by atoms with Crippen molar-refractivity contribution in [3.8, 4) is 0 Å². The number of nitrogens with zero attached hydrogens (tertiary/aromatic N) is 2. The maximum Gasteiger partial charge on any atom is 0.294 e. The number of aliphatic hydroxyl groups is 1. The summed E-state index contributed by atoms with van der Waals surface area (Å²) in [5.41, 5.74) is 0.790. The van der Waals surface area contributed by atoms with Crippen molar-refractivity contribution in [2.75, 3.05) is 23.8 Å². The minimum Gasteiger partial charge on any atom is -0.449 e. The summed E-state index contributed by atoms with van der Waals surface area (Å²) >= 11 is 5.87. The molecule has 1 saturated carbocycles. The molecule has 3 heterocycles. The molecule has 1 aromatic carbocycles. The van der Waals surface area contributed by atoms with Gasteiger partial charge in [-0.25, -0.2) is 4.98 Å². The molecule has 3 aromatic rings. The Kier molecular flexibility index (Phi) is 7.43. The Morgan fingerprint density at radius 3 is 2.51 bits per heavy atom. The lowest BCUT2D eigenvalue weighted by molar-refractivity contribution is -0.139. The highest BCUT2D eigenvalue weighted by Crippen LogP contribution is 2.35. The molecule has 0 bridgehead atoms. The number of carbonyl (C=O) groups excluding carboxylic acids is 3. The number of amides is 3. The quantitative estimate of drug-likeness (QED) is 0.437. The molecule has 1 saturated heterocycles. The van der Waals surface area contributed by atoms with Crippen molar-refractivity contribution in [1.29, 1.82) is 0 Å². The number of anilines is 2. The van der Waals surface area contributed by atoms with E-state index in [1.165, 1.54) is 6.20 Å². The van der Waals surface area contributed by atoms with Crippen LogP contribution in [0.1, 0.15) is 49.1 Å². The minimum atomic E-state index is -0.542. The summed E-state index contributed by atoms with van der Waals surface area (Å²) in [6, 6.07) is 10.2. The van der Waals surface area contributed by atoms with Gasteiger partial charge in [0.05, 0.1) is 17.7 Å². The first-order valence-corrected chi connectivity index (χ1v) is 13.0. The van der Waals surface area contributed by atoms with E-state index in [0.717, 1.165) is 12.8 Å². The number of aliphatic hydroxyl groups excluding tert-OH is 1. The summed E-state index contributed by atoms with van der Waals surface area (Å²) in [5, 5.41) is 16.2. The molecule has 2 aromatic heterocycles. The van der Waals surface area contributed by atoms with Crippen LogP contribution in [0.3, 0.4) is 0 Å². The lowest BCUT2D eigenvalue weighted by atomic mass is 9.80. The third kappa shape index (κ3) is 5.33. The molecule has 3 N–H and O–H groups in total. The van der Waals surface area contributed by atoms with Crippen molar-refractivity contribution in [3.63, 3.8) is 0 Å². The molecular formula is C27H29ClN4O5. The second kappa shape index (κ2) is 10.9. The van der Waals surface area contributed by atoms with Crippen LogP contribution in [0.4, 0.5) is 11.5 Å². The van der Waals surface area contributed by atoms with Gasteiger partial charge in [0.15, 0.2) is 0 Å². The number of furan rings is 1. The van der Waals surface area contributed by atoms with Crippen LogP contribution in [-0.4, -0.2) is 51.9 Å². The van der Waals surface area contributed by atoms with Crippen molar-refractivity contribution in [2.24, 2.45) is 11.8 Å². The summed E-state index contributed by atoms with van der Waals surface area (Å²) in [4.78, 5) is 45.2. The van der Waals surface area contributed by atoms with Crippen molar-refractivity contribution < 1.29 is 23.9 Å². The Bertz CT molecular complexity index is 1300. The van der Waals surface area contributed by atoms with Gasteiger partial charge in [-0.05, 0) is 62.8 Å². The number of pyridine rings is 1. The molecule has 1 atom stereocenters. The lowest BCUT2D eigenvalue weighted by Crippen LogP contribution is -2.42. The Morgan fingerprint density at radius 1 is 1.03 bits per heavy atom. The van der Waals surface area contributed by atoms with Crippen molar-refractivity contribution in [1.82, 2.24) is 9.88 Å². The average molecular weight is 525 g/mol. The first-order chi connectivity index (χ1) is 17.9. The van der Waals surface area contributed by atoms with E-state index in [-0.39, 0.29) is 42.1 Å². The second-order valence-corrected chi connectivity index (χ2v) is 10.1. The van der Waals surface area contributed by atoms with Gasteiger partial charge in [0, 0.05) is 30.0 Å². The van der Waals surface area contributed by atoms with Crippen LogP contribution in [0.25, 0.3) is 11.0 Å². The largest absolute Gasteiger partial charge is 0.449 e. The van der Waals surface area contributed by atoms with E-state index in [0.29, 0.717) is 59.7 Å². The SMILES string of the molecule is O=C(Nc1ccc(Cl)cn1)c1oc2ccccc2c1NC(=O)C1CCC(C(=O)N2CCC[C@H]2CO)CC1. The highest BCUT2D eigenvalue weighted by Gasteiger charge is 2.36. The molecule has 2 fully saturated rings. The van der Waals surface area contributed by atoms with Crippen molar-refractivity contribution in [2.45, 2.75) is 44.6 Å². The number of fused-ring (bicyclic) bond motifs is 1. The minimum absolute atomic E-state index is 0.00780. The van der Waals surface area contributed by atoms with Crippen LogP contribution in [0.2, 0.25) is 5.02 Å². The molecule has 194 valence electrons. The zero-order valence-electron chi connectivity index (χ0n) is 20.3. The summed E-state index contributed by atoms with van der Waals surface area (Å²) in [6.07, 6.45) is 5.56. The number of carbonyl (C=O) groups is 3. The molecule has 0 spiro atoms. The number of likely N-dealkylation sites (tertiary alicyclic amines) is 1. The fraction of sp³-hybridized carbons (Fsp3) is 0.407. The second-order valence-electron chi connectivity index (χ2n) is 9.67. The molecule has 10 heteroatoms. The smallest absolute Gasteiger partial charge is 0.294 e. The standard InChI is InChI=1S/C27H29ClN4O5/c28-18-11-12-22(29-14-18)30-26(35)24-23(20-5-1-2-6-21(20)37-24)31-25(34)16-7-9-17(10-8-16)27(36)32-13-3-4-19(32)15-33/h1-2,5-6,11-12,14,16-17,19,33H,3-4,7-10,13,15H2,(H,31,34)(H,29,30,35)/t16?,17?,19-/m0/s1. The van der Waals surface area contributed by atoms with E-state index in [4.69, 9.17) is 16.0 Å². The number of halogens is 1. The molecule has 5 rings (SSSR count). The molecule has 0 unspecified atom stereocenters. The fourth-order valence-corrected chi connectivity index (χ4v) is 5.44. The number of rotatable bonds is 6. The zero-order valence-corrected chi connectivity index (χ0v) is 21.0. The molecule has 9 nitrogen and oxygen atoms in total. The highest BCUT2D eigenvalue weighted by atomic mass is 35.5. The third-order valence-electron chi connectivity index (χ3n) is 7.34. The van der Waals surface area contributed by atoms with Crippen LogP contribution in [0.15, 0.2) is 47.0 Å². The van der Waals surface area contributed by atoms with Crippen LogP contribution in [0, 0.1) is 11.8 Å². The van der Waals surface area contributed by atoms with E-state index >= 15 is 0 Å². The molecular weight excluding hydrogens is 496 g/mol. The Morgan fingerprint density at radius 2 is 1.78 bits per heavy atom. The molecule has 37 heavy (non-hydrogen) atoms. The molecule has 2 aliphatic rings. The third-order valence-corrected chi connectivity index (χ3v) is 7.56. The number of hydrogen-bond donors (Lipinski definition) is 3. The van der Waals surface area contributed by atoms with Gasteiger partial charge < -0.3 is 25.1 Å². The predicted octanol–water partition coefficient (Wildman–Crippen LogP) is 4.46. The van der Waals surface area contributed by atoms with E-state index in [9.17, 15) is 19.5 Å². The van der Waals surface area contributed by atoms with Crippen LogP contribution in [0.5, 0.6) is 0 Å². The topological polar surface area (TPSA) is 125 Å². The van der Waals surface area contributed by atoms with Crippen molar-refractivity contribution in [3.05, 3.63) is 53.4 Å². The molecule has 1 aliphatic heterocycles. The number of aromatic nitrogens is 1. The van der Waals surface area contributed by atoms with Gasteiger partial charge in [-0.2, -0.15) is 0 Å². The molecule has 3 amide bonds. The zero-order chi connectivity index (χ0) is 25.9. The summed E-state index contributed by atoms with van der Waals surface area (Å²) in [6.45, 7) is 0.681. The Balaban J connectivity index is 1.27. The summed E-state index contributed by atoms with van der Waals surface area (Å²) in [7, 11) is 0. The van der Waals surface area contributed by atoms with Crippen LogP contribution < -0.4 is 10.6 Å². The number of para-hydroxylation sites is 1. The van der Waals surface area contributed by atoms with Gasteiger partial charge in [-0.1, -0.05) is 23.7 Å². The number of nitrogens with one attached hydrogen (secondary N) is 2. The van der Waals surface area contributed by atoms with Gasteiger partial charge in [-0.3, -0.25) is 14.4 Å². The monoisotopic (exact) mass is 524 g/mol. The Labute approximate surface area is 219 Å². The first kappa shape index (κ1) is 25.2. The fourth-order valence-electron chi connectivity index (χ4n) is 5.33. The molecule has 0 radical (unpaired) electrons. The number of benzene rings is 1. The first-order valence-electron chi connectivity index (χ1n) is 12.6. The molecule has 1 aliphatic carbocycles. The Hall–Kier alpha value is -3.43. The average Bonchev–Trinajstić information content (AvgIpc) is 3.55. The van der Waals surface area contributed by atoms with Crippen LogP contribution in [-0.2, 0) is 9.59 Å². The van der Waals surface area contributed by atoms with E-state index in [1.54, 1.807) is 30.3 Å². The lowest BCUT2D eigenvalue weighted by Gasteiger charge is -2.32. The predicted molar refractivity (Wildman–Crippen MR) is 139 cm³/mol. The maximum absolute atomic E-state index is 13.3. The van der Waals surface area contributed by atoms with E-state index in [1.807, 2.05) is 11.0 Å². The van der Waals surface area contributed by atoms with Gasteiger partial charge in [0.25, 0.3) is 5.91 Å². The van der Waals surface area contributed by atoms with Gasteiger partial charge in [0.2, 0.25) is 17.6 Å². The number of hydrogen-bond acceptors (Lipinski definition) is 6. The van der Waals surface area contributed by atoms with Gasteiger partial charge in [0.1, 0.15) is 17.1 Å².